The number of fused-ring (bicyclic) bond motifs is 1. The van der Waals surface area contributed by atoms with E-state index in [0.29, 0.717) is 19.0 Å². The number of nitrogens with zero attached hydrogens (tertiary/aromatic N) is 1. The van der Waals surface area contributed by atoms with Gasteiger partial charge in [-0.15, -0.1) is 0 Å². The summed E-state index contributed by atoms with van der Waals surface area (Å²) in [6, 6.07) is -0.0596. The molecule has 0 radical (unpaired) electrons. The van der Waals surface area contributed by atoms with Gasteiger partial charge in [0, 0.05) is 19.6 Å². The van der Waals surface area contributed by atoms with E-state index in [1.807, 2.05) is 0 Å². The van der Waals surface area contributed by atoms with Gasteiger partial charge in [0.05, 0.1) is 5.41 Å². The van der Waals surface area contributed by atoms with Crippen LogP contribution < -0.4 is 5.32 Å². The molecule has 118 valence electrons. The summed E-state index contributed by atoms with van der Waals surface area (Å²) in [6.07, 6.45) is 8.93. The van der Waals surface area contributed by atoms with Crippen LogP contribution in [0, 0.1) is 17.3 Å². The predicted octanol–water partition coefficient (Wildman–Crippen LogP) is 2.46. The summed E-state index contributed by atoms with van der Waals surface area (Å²) in [7, 11) is 0. The lowest BCUT2D eigenvalue weighted by molar-refractivity contribution is -0.149. The average molecular weight is 294 g/mol. The number of rotatable bonds is 3. The molecule has 21 heavy (non-hydrogen) atoms. The van der Waals surface area contributed by atoms with E-state index in [4.69, 9.17) is 0 Å². The topological polar surface area (TPSA) is 69.6 Å². The van der Waals surface area contributed by atoms with Gasteiger partial charge in [0.2, 0.25) is 0 Å². The first-order valence-corrected chi connectivity index (χ1v) is 8.38. The smallest absolute Gasteiger partial charge is 0.317 e. The van der Waals surface area contributed by atoms with Crippen molar-refractivity contribution < 1.29 is 14.7 Å². The number of likely N-dealkylation sites (tertiary alicyclic amines) is 1. The third kappa shape index (κ3) is 2.74. The summed E-state index contributed by atoms with van der Waals surface area (Å²) < 4.78 is 0. The number of hydrogen-bond acceptors (Lipinski definition) is 2. The number of nitrogens with one attached hydrogen (secondary N) is 1. The maximum Gasteiger partial charge on any atom is 0.317 e. The van der Waals surface area contributed by atoms with Crippen molar-refractivity contribution in [3.05, 3.63) is 0 Å². The molecule has 3 rings (SSSR count). The van der Waals surface area contributed by atoms with E-state index in [0.717, 1.165) is 25.8 Å². The number of amides is 2. The Morgan fingerprint density at radius 2 is 1.90 bits per heavy atom. The third-order valence-electron chi connectivity index (χ3n) is 5.85. The average Bonchev–Trinajstić information content (AvgIpc) is 3.03. The third-order valence-corrected chi connectivity index (χ3v) is 5.85. The molecule has 0 unspecified atom stereocenters. The van der Waals surface area contributed by atoms with Crippen molar-refractivity contribution in [2.45, 2.75) is 51.4 Å². The SMILES string of the molecule is O=C(NCC1CCCCC1)N1C[C@@H]2CCC[C@@]2(C(=O)O)C1. The van der Waals surface area contributed by atoms with Crippen LogP contribution in [-0.2, 0) is 4.79 Å². The molecule has 1 heterocycles. The Morgan fingerprint density at radius 3 is 2.57 bits per heavy atom. The van der Waals surface area contributed by atoms with Crippen molar-refractivity contribution in [2.24, 2.45) is 17.3 Å². The van der Waals surface area contributed by atoms with Gasteiger partial charge < -0.3 is 15.3 Å². The molecule has 0 aromatic heterocycles. The highest BCUT2D eigenvalue weighted by Gasteiger charge is 2.55. The molecular weight excluding hydrogens is 268 g/mol. The summed E-state index contributed by atoms with van der Waals surface area (Å²) >= 11 is 0. The summed E-state index contributed by atoms with van der Waals surface area (Å²) in [4.78, 5) is 25.7. The van der Waals surface area contributed by atoms with Crippen molar-refractivity contribution in [3.63, 3.8) is 0 Å². The van der Waals surface area contributed by atoms with Gasteiger partial charge in [-0.3, -0.25) is 4.79 Å². The largest absolute Gasteiger partial charge is 0.481 e. The summed E-state index contributed by atoms with van der Waals surface area (Å²) in [5, 5.41) is 12.6. The summed E-state index contributed by atoms with van der Waals surface area (Å²) in [5.74, 6) is 0.0428. The molecule has 2 saturated carbocycles. The minimum Gasteiger partial charge on any atom is -0.481 e. The normalized spacial score (nSPS) is 33.0. The van der Waals surface area contributed by atoms with Crippen molar-refractivity contribution in [2.75, 3.05) is 19.6 Å². The maximum atomic E-state index is 12.3. The van der Waals surface area contributed by atoms with Crippen molar-refractivity contribution in [1.29, 1.82) is 0 Å². The standard InChI is InChI=1S/C16H26N2O3/c19-14(20)16-8-4-7-13(16)10-18(11-16)15(21)17-9-12-5-2-1-3-6-12/h12-13H,1-11H2,(H,17,21)(H,19,20)/t13-,16+/m0/s1. The molecule has 1 saturated heterocycles. The van der Waals surface area contributed by atoms with Gasteiger partial charge >= 0.3 is 12.0 Å². The van der Waals surface area contributed by atoms with Crippen LogP contribution >= 0.6 is 0 Å². The van der Waals surface area contributed by atoms with Crippen molar-refractivity contribution in [1.82, 2.24) is 10.2 Å². The zero-order valence-electron chi connectivity index (χ0n) is 12.6. The fraction of sp³-hybridized carbons (Fsp3) is 0.875. The number of hydrogen-bond donors (Lipinski definition) is 2. The van der Waals surface area contributed by atoms with Gasteiger partial charge in [0.25, 0.3) is 0 Å². The molecule has 3 aliphatic rings. The van der Waals surface area contributed by atoms with Gasteiger partial charge in [-0.2, -0.15) is 0 Å². The quantitative estimate of drug-likeness (QED) is 0.840. The molecule has 1 aliphatic heterocycles. The van der Waals surface area contributed by atoms with Crippen LogP contribution in [0.5, 0.6) is 0 Å². The first-order chi connectivity index (χ1) is 10.1. The van der Waals surface area contributed by atoms with E-state index in [9.17, 15) is 14.7 Å². The number of carboxylic acid groups (broad SMARTS) is 1. The van der Waals surface area contributed by atoms with Crippen LogP contribution in [0.25, 0.3) is 0 Å². The second-order valence-electron chi connectivity index (χ2n) is 7.12. The lowest BCUT2D eigenvalue weighted by Gasteiger charge is -2.25. The minimum absolute atomic E-state index is 0.0596. The minimum atomic E-state index is -0.715. The fourth-order valence-corrected chi connectivity index (χ4v) is 4.53. The van der Waals surface area contributed by atoms with E-state index in [1.54, 1.807) is 4.90 Å². The molecule has 2 amide bonds. The Morgan fingerprint density at radius 1 is 1.14 bits per heavy atom. The zero-order valence-corrected chi connectivity index (χ0v) is 12.6. The van der Waals surface area contributed by atoms with Crippen LogP contribution in [0.15, 0.2) is 0 Å². The fourth-order valence-electron chi connectivity index (χ4n) is 4.53. The highest BCUT2D eigenvalue weighted by atomic mass is 16.4. The first-order valence-electron chi connectivity index (χ1n) is 8.38. The number of carboxylic acids is 1. The van der Waals surface area contributed by atoms with Crippen molar-refractivity contribution in [3.8, 4) is 0 Å². The monoisotopic (exact) mass is 294 g/mol. The zero-order chi connectivity index (χ0) is 14.9. The molecule has 2 aliphatic carbocycles. The molecule has 5 nitrogen and oxygen atoms in total. The molecule has 0 aromatic carbocycles. The lowest BCUT2D eigenvalue weighted by Crippen LogP contribution is -2.43. The van der Waals surface area contributed by atoms with Gasteiger partial charge in [-0.25, -0.2) is 4.79 Å². The molecular formula is C16H26N2O3. The molecule has 3 fully saturated rings. The van der Waals surface area contributed by atoms with Gasteiger partial charge in [-0.05, 0) is 37.5 Å². The number of carbonyl (C=O) groups is 2. The maximum absolute atomic E-state index is 12.3. The predicted molar refractivity (Wildman–Crippen MR) is 79.0 cm³/mol. The second-order valence-corrected chi connectivity index (χ2v) is 7.12. The van der Waals surface area contributed by atoms with E-state index in [-0.39, 0.29) is 11.9 Å². The first kappa shape index (κ1) is 14.7. The molecule has 0 aromatic rings. The Balaban J connectivity index is 1.53. The van der Waals surface area contributed by atoms with Crippen LogP contribution in [0.2, 0.25) is 0 Å². The van der Waals surface area contributed by atoms with Gasteiger partial charge in [0.15, 0.2) is 0 Å². The molecule has 5 heteroatoms. The van der Waals surface area contributed by atoms with Gasteiger partial charge in [0.1, 0.15) is 0 Å². The molecule has 2 N–H and O–H groups in total. The van der Waals surface area contributed by atoms with E-state index in [2.05, 4.69) is 5.32 Å². The second kappa shape index (κ2) is 5.85. The Kier molecular flexibility index (Phi) is 4.09. The van der Waals surface area contributed by atoms with Crippen LogP contribution in [0.1, 0.15) is 51.4 Å². The lowest BCUT2D eigenvalue weighted by atomic mass is 9.81. The molecule has 0 spiro atoms. The van der Waals surface area contributed by atoms with Crippen LogP contribution in [0.3, 0.4) is 0 Å². The summed E-state index contributed by atoms with van der Waals surface area (Å²) in [6.45, 7) is 1.76. The van der Waals surface area contributed by atoms with Crippen LogP contribution in [0.4, 0.5) is 4.79 Å². The number of aliphatic carboxylic acids is 1. The molecule has 2 atom stereocenters. The number of urea groups is 1. The molecule has 0 bridgehead atoms. The van der Waals surface area contributed by atoms with E-state index in [1.165, 1.54) is 32.1 Å². The van der Waals surface area contributed by atoms with E-state index < -0.39 is 11.4 Å². The number of carbonyl (C=O) groups excluding carboxylic acids is 1. The van der Waals surface area contributed by atoms with Crippen molar-refractivity contribution >= 4 is 12.0 Å². The summed E-state index contributed by atoms with van der Waals surface area (Å²) in [5.41, 5.74) is -0.665. The highest BCUT2D eigenvalue weighted by Crippen LogP contribution is 2.48. The Labute approximate surface area is 126 Å². The van der Waals surface area contributed by atoms with Crippen LogP contribution in [-0.4, -0.2) is 41.6 Å². The Hall–Kier alpha value is -1.26. The van der Waals surface area contributed by atoms with Gasteiger partial charge in [-0.1, -0.05) is 25.7 Å². The van der Waals surface area contributed by atoms with E-state index >= 15 is 0 Å². The Bertz CT molecular complexity index is 420. The highest BCUT2D eigenvalue weighted by molar-refractivity contribution is 5.80.